The predicted molar refractivity (Wildman–Crippen MR) is 158 cm³/mol. The van der Waals surface area contributed by atoms with Gasteiger partial charge in [-0.2, -0.15) is 0 Å². The molecule has 1 N–H and O–H groups in total. The van der Waals surface area contributed by atoms with Crippen molar-refractivity contribution < 1.29 is 24.2 Å². The quantitative estimate of drug-likeness (QED) is 0.326. The molecule has 10 nitrogen and oxygen atoms in total. The highest BCUT2D eigenvalue weighted by molar-refractivity contribution is 6.07. The molecule has 7 rings (SSSR count). The van der Waals surface area contributed by atoms with Crippen molar-refractivity contribution in [3.05, 3.63) is 107 Å². The minimum absolute atomic E-state index is 0.0223. The van der Waals surface area contributed by atoms with Gasteiger partial charge in [-0.3, -0.25) is 14.4 Å². The van der Waals surface area contributed by atoms with Gasteiger partial charge in [-0.1, -0.05) is 72.8 Å². The maximum Gasteiger partial charge on any atom is 0.414 e. The van der Waals surface area contributed by atoms with Crippen LogP contribution in [0, 0.1) is 5.92 Å². The molecular formula is C33H33N5O5. The summed E-state index contributed by atoms with van der Waals surface area (Å²) in [6.07, 6.45) is 1.84. The van der Waals surface area contributed by atoms with E-state index in [0.29, 0.717) is 38.4 Å². The van der Waals surface area contributed by atoms with Gasteiger partial charge in [-0.05, 0) is 42.2 Å². The number of amides is 2. The summed E-state index contributed by atoms with van der Waals surface area (Å²) in [5, 5.41) is 19.1. The van der Waals surface area contributed by atoms with Crippen molar-refractivity contribution >= 4 is 23.4 Å². The molecule has 0 bridgehead atoms. The Morgan fingerprint density at radius 1 is 1.02 bits per heavy atom. The Labute approximate surface area is 249 Å². The monoisotopic (exact) mass is 579 g/mol. The number of cyclic esters (lactones) is 1. The normalized spacial score (nSPS) is 23.7. The molecule has 4 heterocycles. The van der Waals surface area contributed by atoms with Crippen molar-refractivity contribution in [2.24, 2.45) is 5.92 Å². The molecule has 0 unspecified atom stereocenters. The Bertz CT molecular complexity index is 1640. The highest BCUT2D eigenvalue weighted by atomic mass is 16.6. The summed E-state index contributed by atoms with van der Waals surface area (Å²) >= 11 is 0. The first kappa shape index (κ1) is 27.3. The van der Waals surface area contributed by atoms with Crippen LogP contribution in [-0.4, -0.2) is 51.4 Å². The van der Waals surface area contributed by atoms with Gasteiger partial charge < -0.3 is 19.5 Å². The number of aromatic nitrogens is 3. The number of rotatable bonds is 8. The molecule has 2 fully saturated rings. The number of aryl methyl sites for hydroxylation is 1. The van der Waals surface area contributed by atoms with Crippen molar-refractivity contribution in [3.63, 3.8) is 0 Å². The molecule has 4 aromatic rings. The smallest absolute Gasteiger partial charge is 0.414 e. The second-order valence-corrected chi connectivity index (χ2v) is 11.5. The molecule has 1 aromatic heterocycles. The minimum Gasteiger partial charge on any atom is -0.447 e. The van der Waals surface area contributed by atoms with Crippen LogP contribution in [0.3, 0.4) is 0 Å². The van der Waals surface area contributed by atoms with E-state index in [-0.39, 0.29) is 24.0 Å². The molecule has 4 atom stereocenters. The van der Waals surface area contributed by atoms with E-state index in [1.165, 1.54) is 0 Å². The lowest BCUT2D eigenvalue weighted by Gasteiger charge is -2.28. The van der Waals surface area contributed by atoms with Crippen LogP contribution >= 0.6 is 0 Å². The van der Waals surface area contributed by atoms with Crippen LogP contribution in [0.2, 0.25) is 0 Å². The summed E-state index contributed by atoms with van der Waals surface area (Å²) in [6.45, 7) is 3.96. The Morgan fingerprint density at radius 2 is 1.79 bits per heavy atom. The van der Waals surface area contributed by atoms with Crippen LogP contribution in [0.15, 0.2) is 85.1 Å². The number of ether oxygens (including phenoxy) is 2. The Hall–Kier alpha value is -4.54. The number of carbonyl (C=O) groups excluding carboxylic acids is 2. The van der Waals surface area contributed by atoms with Crippen molar-refractivity contribution in [1.29, 1.82) is 0 Å². The Kier molecular flexibility index (Phi) is 6.95. The maximum atomic E-state index is 14.2. The van der Waals surface area contributed by atoms with E-state index in [1.807, 2.05) is 83.8 Å². The highest BCUT2D eigenvalue weighted by Crippen LogP contribution is 2.53. The second-order valence-electron chi connectivity index (χ2n) is 11.5. The molecule has 3 aliphatic heterocycles. The third-order valence-corrected chi connectivity index (χ3v) is 8.80. The van der Waals surface area contributed by atoms with E-state index in [2.05, 4.69) is 17.2 Å². The van der Waals surface area contributed by atoms with Gasteiger partial charge >= 0.3 is 6.09 Å². The fourth-order valence-electron chi connectivity index (χ4n) is 6.58. The SMILES string of the molecule is C[C@@H]1C[C@H](CCn2cc([C@H](O)c3ccccc3)nn2)O[C@@]12C(=O)N(Cc1ccc(N3CCOC3=O)cc1)c1ccccc12. The fourth-order valence-corrected chi connectivity index (χ4v) is 6.58. The predicted octanol–water partition coefficient (Wildman–Crippen LogP) is 4.57. The summed E-state index contributed by atoms with van der Waals surface area (Å²) in [5.74, 6) is -0.0733. The number of para-hydroxylation sites is 1. The highest BCUT2D eigenvalue weighted by Gasteiger charge is 2.59. The minimum atomic E-state index is -1.04. The lowest BCUT2D eigenvalue weighted by Crippen LogP contribution is -2.43. The Balaban J connectivity index is 1.05. The van der Waals surface area contributed by atoms with Crippen LogP contribution in [-0.2, 0) is 33.0 Å². The number of aliphatic hydroxyl groups excluding tert-OH is 1. The zero-order valence-corrected chi connectivity index (χ0v) is 23.9. The van der Waals surface area contributed by atoms with Gasteiger partial charge in [0.15, 0.2) is 5.60 Å². The van der Waals surface area contributed by atoms with E-state index in [4.69, 9.17) is 9.47 Å². The summed E-state index contributed by atoms with van der Waals surface area (Å²) in [5.41, 5.74) is 3.71. The van der Waals surface area contributed by atoms with Crippen LogP contribution in [0.4, 0.5) is 16.2 Å². The van der Waals surface area contributed by atoms with E-state index in [0.717, 1.165) is 34.5 Å². The molecule has 1 spiro atoms. The average molecular weight is 580 g/mol. The fraction of sp³-hybridized carbons (Fsp3) is 0.333. The van der Waals surface area contributed by atoms with E-state index < -0.39 is 11.7 Å². The molecule has 43 heavy (non-hydrogen) atoms. The molecule has 0 aliphatic carbocycles. The zero-order valence-electron chi connectivity index (χ0n) is 23.9. The molecule has 0 radical (unpaired) electrons. The summed E-state index contributed by atoms with van der Waals surface area (Å²) in [6, 6.07) is 25.0. The largest absolute Gasteiger partial charge is 0.447 e. The number of nitrogens with zero attached hydrogens (tertiary/aromatic N) is 5. The van der Waals surface area contributed by atoms with Crippen LogP contribution in [0.25, 0.3) is 0 Å². The van der Waals surface area contributed by atoms with Crippen molar-refractivity contribution in [2.45, 2.75) is 50.7 Å². The van der Waals surface area contributed by atoms with E-state index in [1.54, 1.807) is 15.8 Å². The number of fused-ring (bicyclic) bond motifs is 2. The van der Waals surface area contributed by atoms with Gasteiger partial charge in [-0.15, -0.1) is 5.10 Å². The van der Waals surface area contributed by atoms with E-state index in [9.17, 15) is 14.7 Å². The first-order valence-corrected chi connectivity index (χ1v) is 14.7. The molecule has 10 heteroatoms. The Morgan fingerprint density at radius 3 is 2.56 bits per heavy atom. The number of benzene rings is 3. The lowest BCUT2D eigenvalue weighted by atomic mass is 9.83. The molecule has 2 amide bonds. The first-order valence-electron chi connectivity index (χ1n) is 14.7. The zero-order chi connectivity index (χ0) is 29.6. The summed E-state index contributed by atoms with van der Waals surface area (Å²) < 4.78 is 13.5. The number of aliphatic hydroxyl groups is 1. The average Bonchev–Trinajstić information content (AvgIpc) is 3.81. The van der Waals surface area contributed by atoms with Gasteiger partial charge in [0.25, 0.3) is 5.91 Å². The van der Waals surface area contributed by atoms with Gasteiger partial charge in [0.2, 0.25) is 0 Å². The third-order valence-electron chi connectivity index (χ3n) is 8.80. The molecule has 3 aliphatic rings. The summed E-state index contributed by atoms with van der Waals surface area (Å²) in [7, 11) is 0. The summed E-state index contributed by atoms with van der Waals surface area (Å²) in [4.78, 5) is 29.6. The van der Waals surface area contributed by atoms with Crippen LogP contribution in [0.1, 0.15) is 48.3 Å². The van der Waals surface area contributed by atoms with Crippen LogP contribution in [0.5, 0.6) is 0 Å². The molecule has 2 saturated heterocycles. The lowest BCUT2D eigenvalue weighted by molar-refractivity contribution is -0.146. The van der Waals surface area contributed by atoms with Crippen LogP contribution < -0.4 is 9.80 Å². The second kappa shape index (κ2) is 10.9. The number of hydrogen-bond donors (Lipinski definition) is 1. The van der Waals surface area contributed by atoms with E-state index >= 15 is 0 Å². The van der Waals surface area contributed by atoms with Crippen molar-refractivity contribution in [3.8, 4) is 0 Å². The maximum absolute atomic E-state index is 14.2. The van der Waals surface area contributed by atoms with Gasteiger partial charge in [0.1, 0.15) is 18.4 Å². The molecule has 3 aromatic carbocycles. The topological polar surface area (TPSA) is 110 Å². The molecular weight excluding hydrogens is 546 g/mol. The van der Waals surface area contributed by atoms with Crippen molar-refractivity contribution in [1.82, 2.24) is 15.0 Å². The standard InChI is InChI=1S/C33H33N5O5/c1-22-19-26(15-16-36-21-28(34-35-36)30(39)24-7-3-2-4-8-24)43-33(22)27-9-5-6-10-29(27)38(31(33)40)20-23-11-13-25(14-12-23)37-17-18-42-32(37)41/h2-14,21-22,26,30,39H,15-20H2,1H3/t22-,26+,30-,33+/m1/s1. The number of anilines is 2. The first-order chi connectivity index (χ1) is 20.9. The van der Waals surface area contributed by atoms with Gasteiger partial charge in [0, 0.05) is 23.7 Å². The van der Waals surface area contributed by atoms with Gasteiger partial charge in [-0.25, -0.2) is 4.79 Å². The number of hydrogen-bond acceptors (Lipinski definition) is 7. The van der Waals surface area contributed by atoms with Crippen molar-refractivity contribution in [2.75, 3.05) is 23.0 Å². The third kappa shape index (κ3) is 4.76. The number of carbonyl (C=O) groups is 2. The molecule has 0 saturated carbocycles. The van der Waals surface area contributed by atoms with Gasteiger partial charge in [0.05, 0.1) is 31.1 Å². The molecule has 220 valence electrons.